The monoisotopic (exact) mass is 418 g/mol. The van der Waals surface area contributed by atoms with Crippen molar-refractivity contribution in [1.29, 1.82) is 0 Å². The summed E-state index contributed by atoms with van der Waals surface area (Å²) in [6.45, 7) is 2.17. The van der Waals surface area contributed by atoms with E-state index in [4.69, 9.17) is 0 Å². The van der Waals surface area contributed by atoms with Crippen LogP contribution in [0, 0.1) is 11.7 Å². The van der Waals surface area contributed by atoms with E-state index in [2.05, 4.69) is 18.4 Å². The molecule has 4 nitrogen and oxygen atoms in total. The zero-order valence-corrected chi connectivity index (χ0v) is 17.6. The molecule has 0 fully saturated rings. The van der Waals surface area contributed by atoms with Crippen molar-refractivity contribution in [2.75, 3.05) is 5.01 Å². The van der Waals surface area contributed by atoms with Gasteiger partial charge in [0.25, 0.3) is 0 Å². The van der Waals surface area contributed by atoms with Crippen LogP contribution in [0.1, 0.15) is 37.3 Å². The van der Waals surface area contributed by atoms with Gasteiger partial charge >= 0.3 is 0 Å². The van der Waals surface area contributed by atoms with Crippen molar-refractivity contribution in [3.05, 3.63) is 100 Å². The van der Waals surface area contributed by atoms with Crippen molar-refractivity contribution in [2.45, 2.75) is 44.8 Å². The Morgan fingerprint density at radius 3 is 2.61 bits per heavy atom. The highest BCUT2D eigenvalue weighted by atomic mass is 19.1. The minimum atomic E-state index is -0.844. The van der Waals surface area contributed by atoms with Crippen LogP contribution in [0.15, 0.2) is 83.2 Å². The highest BCUT2D eigenvalue weighted by molar-refractivity contribution is 5.65. The second-order valence-corrected chi connectivity index (χ2v) is 8.69. The molecule has 1 aliphatic heterocycles. The number of halogens is 1. The minimum absolute atomic E-state index is 0.0167. The molecule has 160 valence electrons. The van der Waals surface area contributed by atoms with Gasteiger partial charge in [-0.3, -0.25) is 5.01 Å². The van der Waals surface area contributed by atoms with Gasteiger partial charge < -0.3 is 15.6 Å². The maximum absolute atomic E-state index is 13.4. The summed E-state index contributed by atoms with van der Waals surface area (Å²) in [6.07, 6.45) is 7.08. The fourth-order valence-electron chi connectivity index (χ4n) is 5.32. The normalized spacial score (nSPS) is 24.5. The fraction of sp³-hybridized carbons (Fsp3) is 0.308. The molecular weight excluding hydrogens is 391 g/mol. The third-order valence-corrected chi connectivity index (χ3v) is 6.93. The van der Waals surface area contributed by atoms with E-state index < -0.39 is 5.60 Å². The molecule has 5 rings (SSSR count). The molecule has 0 spiro atoms. The van der Waals surface area contributed by atoms with Crippen LogP contribution in [0.5, 0.6) is 0 Å². The van der Waals surface area contributed by atoms with Gasteiger partial charge in [-0.25, -0.2) is 4.39 Å². The van der Waals surface area contributed by atoms with Gasteiger partial charge in [0.2, 0.25) is 0 Å². The van der Waals surface area contributed by atoms with Gasteiger partial charge in [0.15, 0.2) is 0 Å². The van der Waals surface area contributed by atoms with Crippen LogP contribution in [-0.2, 0) is 13.0 Å². The van der Waals surface area contributed by atoms with Gasteiger partial charge in [0, 0.05) is 17.7 Å². The van der Waals surface area contributed by atoms with E-state index in [0.717, 1.165) is 46.5 Å². The number of fused-ring (bicyclic) bond motifs is 1. The lowest BCUT2D eigenvalue weighted by Crippen LogP contribution is -2.34. The fourth-order valence-corrected chi connectivity index (χ4v) is 5.32. The lowest BCUT2D eigenvalue weighted by Gasteiger charge is -2.34. The molecule has 0 amide bonds. The smallest absolute Gasteiger partial charge is 0.123 e. The molecule has 0 radical (unpaired) electrons. The molecule has 2 aromatic carbocycles. The van der Waals surface area contributed by atoms with E-state index >= 15 is 0 Å². The van der Waals surface area contributed by atoms with Crippen LogP contribution in [0.4, 0.5) is 10.1 Å². The van der Waals surface area contributed by atoms with E-state index in [-0.39, 0.29) is 18.3 Å². The lowest BCUT2D eigenvalue weighted by atomic mass is 9.76. The Morgan fingerprint density at radius 1 is 1.13 bits per heavy atom. The summed E-state index contributed by atoms with van der Waals surface area (Å²) in [5, 5.41) is 23.3. The first kappa shape index (κ1) is 20.0. The molecule has 2 aromatic rings. The molecule has 0 bridgehead atoms. The summed E-state index contributed by atoms with van der Waals surface area (Å²) in [7, 11) is 0. The Labute approximate surface area is 182 Å². The summed E-state index contributed by atoms with van der Waals surface area (Å²) in [5.74, 6) is -0.163. The number of hydrogen-bond acceptors (Lipinski definition) is 4. The predicted octanol–water partition coefficient (Wildman–Crippen LogP) is 4.51. The van der Waals surface area contributed by atoms with Crippen LogP contribution in [0.25, 0.3) is 0 Å². The Morgan fingerprint density at radius 2 is 1.87 bits per heavy atom. The van der Waals surface area contributed by atoms with Crippen molar-refractivity contribution in [2.24, 2.45) is 5.92 Å². The topological polar surface area (TPSA) is 55.7 Å². The molecule has 3 aliphatic rings. The maximum Gasteiger partial charge on any atom is 0.123 e. The zero-order valence-electron chi connectivity index (χ0n) is 17.6. The summed E-state index contributed by atoms with van der Waals surface area (Å²) in [6, 6.07) is 14.3. The number of benzene rings is 2. The highest BCUT2D eigenvalue weighted by Gasteiger charge is 2.45. The SMILES string of the molecule is C[C@H]1C2=CNN(c3ccc(F)cc3)C2=CC2=C1C(O)(CCc1ccccc1CO)CC2. The number of nitrogens with zero attached hydrogens (tertiary/aromatic N) is 1. The third kappa shape index (κ3) is 3.38. The van der Waals surface area contributed by atoms with E-state index in [9.17, 15) is 14.6 Å². The van der Waals surface area contributed by atoms with Crippen molar-refractivity contribution in [3.63, 3.8) is 0 Å². The minimum Gasteiger partial charge on any atom is -0.392 e. The largest absolute Gasteiger partial charge is 0.392 e. The van der Waals surface area contributed by atoms with Crippen LogP contribution in [0.3, 0.4) is 0 Å². The number of aliphatic hydroxyl groups is 2. The standard InChI is InChI=1S/C26H27FN2O2/c1-17-23-15-28-29(22-8-6-21(27)7-9-22)24(23)14-19-11-13-26(31,25(17)19)12-10-18-4-2-3-5-20(18)16-30/h2-9,14-15,17,28,30-31H,10-13,16H2,1H3/t17-,26?/m0/s1. The molecule has 2 aliphatic carbocycles. The Bertz CT molecular complexity index is 1100. The summed E-state index contributed by atoms with van der Waals surface area (Å²) in [4.78, 5) is 0. The molecule has 2 atom stereocenters. The lowest BCUT2D eigenvalue weighted by molar-refractivity contribution is 0.0632. The second-order valence-electron chi connectivity index (χ2n) is 8.69. The van der Waals surface area contributed by atoms with E-state index in [1.54, 1.807) is 12.1 Å². The number of nitrogens with one attached hydrogen (secondary N) is 1. The highest BCUT2D eigenvalue weighted by Crippen LogP contribution is 2.50. The maximum atomic E-state index is 13.4. The van der Waals surface area contributed by atoms with E-state index in [0.29, 0.717) is 12.8 Å². The number of aryl methyl sites for hydroxylation is 1. The average Bonchev–Trinajstić information content (AvgIpc) is 3.35. The van der Waals surface area contributed by atoms with Gasteiger partial charge in [0.1, 0.15) is 5.82 Å². The average molecular weight is 419 g/mol. The van der Waals surface area contributed by atoms with E-state index in [1.807, 2.05) is 35.5 Å². The molecule has 0 aromatic heterocycles. The number of hydrogen-bond donors (Lipinski definition) is 3. The Kier molecular flexibility index (Phi) is 4.95. The first-order valence-electron chi connectivity index (χ1n) is 10.9. The summed E-state index contributed by atoms with van der Waals surface area (Å²) >= 11 is 0. The number of aliphatic hydroxyl groups excluding tert-OH is 1. The molecular formula is C26H27FN2O2. The van der Waals surface area contributed by atoms with Crippen molar-refractivity contribution in [3.8, 4) is 0 Å². The molecule has 0 saturated heterocycles. The van der Waals surface area contributed by atoms with Crippen molar-refractivity contribution >= 4 is 5.69 Å². The van der Waals surface area contributed by atoms with Crippen molar-refractivity contribution in [1.82, 2.24) is 5.43 Å². The molecule has 3 N–H and O–H groups in total. The van der Waals surface area contributed by atoms with Crippen molar-refractivity contribution < 1.29 is 14.6 Å². The quantitative estimate of drug-likeness (QED) is 0.669. The molecule has 31 heavy (non-hydrogen) atoms. The number of allylic oxidation sites excluding steroid dienone is 3. The van der Waals surface area contributed by atoms with Crippen LogP contribution in [-0.4, -0.2) is 15.8 Å². The Balaban J connectivity index is 1.43. The first-order valence-corrected chi connectivity index (χ1v) is 10.9. The molecule has 5 heteroatoms. The molecule has 1 unspecified atom stereocenters. The van der Waals surface area contributed by atoms with Gasteiger partial charge in [-0.15, -0.1) is 0 Å². The zero-order chi connectivity index (χ0) is 21.6. The van der Waals surface area contributed by atoms with E-state index in [1.165, 1.54) is 17.7 Å². The van der Waals surface area contributed by atoms with Crippen LogP contribution in [0.2, 0.25) is 0 Å². The van der Waals surface area contributed by atoms with Gasteiger partial charge in [0.05, 0.1) is 23.6 Å². The molecule has 1 heterocycles. The number of rotatable bonds is 5. The predicted molar refractivity (Wildman–Crippen MR) is 119 cm³/mol. The number of anilines is 1. The van der Waals surface area contributed by atoms with Crippen LogP contribution < -0.4 is 10.4 Å². The van der Waals surface area contributed by atoms with Crippen LogP contribution >= 0.6 is 0 Å². The Hall–Kier alpha value is -2.89. The third-order valence-electron chi connectivity index (χ3n) is 6.93. The van der Waals surface area contributed by atoms with Gasteiger partial charge in [-0.05, 0) is 78.3 Å². The molecule has 0 saturated carbocycles. The number of hydrazine groups is 1. The summed E-state index contributed by atoms with van der Waals surface area (Å²) in [5.41, 5.74) is 9.87. The van der Waals surface area contributed by atoms with Gasteiger partial charge in [-0.1, -0.05) is 31.2 Å². The van der Waals surface area contributed by atoms with Gasteiger partial charge in [-0.2, -0.15) is 0 Å². The summed E-state index contributed by atoms with van der Waals surface area (Å²) < 4.78 is 13.4. The second kappa shape index (κ2) is 7.66. The first-order chi connectivity index (χ1) is 15.0.